The molecule has 17 heavy (non-hydrogen) atoms. The summed E-state index contributed by atoms with van der Waals surface area (Å²) in [5.74, 6) is 1.16. The Morgan fingerprint density at radius 2 is 1.59 bits per heavy atom. The van der Waals surface area contributed by atoms with E-state index in [1.165, 1.54) is 0 Å². The molecule has 0 N–H and O–H groups in total. The van der Waals surface area contributed by atoms with Crippen molar-refractivity contribution in [3.8, 4) is 11.5 Å². The van der Waals surface area contributed by atoms with Crippen molar-refractivity contribution in [2.45, 2.75) is 0 Å². The zero-order valence-corrected chi connectivity index (χ0v) is 10.3. The average molecular weight is 247 g/mol. The zero-order chi connectivity index (χ0) is 12.1. The summed E-state index contributed by atoms with van der Waals surface area (Å²) in [7, 11) is -0.407. The van der Waals surface area contributed by atoms with Gasteiger partial charge in [0, 0.05) is 0 Å². The summed E-state index contributed by atoms with van der Waals surface area (Å²) >= 11 is 0. The second-order valence-corrected chi connectivity index (χ2v) is 4.51. The Morgan fingerprint density at radius 1 is 0.941 bits per heavy atom. The maximum atomic E-state index is 12.0. The van der Waals surface area contributed by atoms with Gasteiger partial charge < -0.3 is 4.74 Å². The number of hydrogen-bond donors (Lipinski definition) is 0. The lowest BCUT2D eigenvalue weighted by Gasteiger charge is -1.98. The van der Waals surface area contributed by atoms with Crippen molar-refractivity contribution in [3.05, 3.63) is 54.6 Å². The van der Waals surface area contributed by atoms with Crippen LogP contribution >= 0.6 is 8.03 Å². The van der Waals surface area contributed by atoms with Crippen LogP contribution < -0.4 is 14.6 Å². The van der Waals surface area contributed by atoms with E-state index in [9.17, 15) is 4.57 Å². The topological polar surface area (TPSA) is 35.5 Å². The molecule has 0 aromatic heterocycles. The van der Waals surface area contributed by atoms with E-state index in [2.05, 4.69) is 0 Å². The molecular weight excluding hydrogens is 235 g/mol. The summed E-state index contributed by atoms with van der Waals surface area (Å²) in [6.45, 7) is 0. The third-order valence-corrected chi connectivity index (χ3v) is 3.35. The lowest BCUT2D eigenvalue weighted by Crippen LogP contribution is -2.04. The molecule has 86 valence electrons. The minimum absolute atomic E-state index is 0.564. The second-order valence-electron chi connectivity index (χ2n) is 3.33. The van der Waals surface area contributed by atoms with E-state index in [-0.39, 0.29) is 0 Å². The number of methoxy groups -OCH3 is 1. The molecule has 0 heterocycles. The SMILES string of the molecule is COc1ccccc1[P+](=O)Oc1ccccc1. The fourth-order valence-corrected chi connectivity index (χ4v) is 2.37. The standard InChI is InChI=1S/C13H12O3P/c1-15-12-9-5-6-10-13(12)17(14)16-11-7-3-2-4-8-11/h2-10H,1H3/q+1. The van der Waals surface area contributed by atoms with Crippen molar-refractivity contribution < 1.29 is 13.8 Å². The summed E-state index contributed by atoms with van der Waals surface area (Å²) in [4.78, 5) is 0. The van der Waals surface area contributed by atoms with Crippen LogP contribution in [0.25, 0.3) is 0 Å². The molecule has 0 spiro atoms. The molecule has 2 aromatic carbocycles. The van der Waals surface area contributed by atoms with E-state index < -0.39 is 8.03 Å². The smallest absolute Gasteiger partial charge is 0.492 e. The van der Waals surface area contributed by atoms with Gasteiger partial charge in [0.1, 0.15) is 0 Å². The summed E-state index contributed by atoms with van der Waals surface area (Å²) in [5, 5.41) is 0.564. The molecule has 0 amide bonds. The van der Waals surface area contributed by atoms with Gasteiger partial charge in [-0.2, -0.15) is 0 Å². The molecule has 0 aliphatic rings. The van der Waals surface area contributed by atoms with Crippen LogP contribution in [0.2, 0.25) is 0 Å². The van der Waals surface area contributed by atoms with Gasteiger partial charge in [0.2, 0.25) is 0 Å². The number of rotatable bonds is 4. The molecule has 0 aliphatic heterocycles. The highest BCUT2D eigenvalue weighted by Gasteiger charge is 2.28. The summed E-state index contributed by atoms with van der Waals surface area (Å²) in [6.07, 6.45) is 0. The number of ether oxygens (including phenoxy) is 1. The molecule has 0 fully saturated rings. The molecule has 0 radical (unpaired) electrons. The first kappa shape index (κ1) is 11.6. The zero-order valence-electron chi connectivity index (χ0n) is 9.37. The fourth-order valence-electron chi connectivity index (χ4n) is 1.41. The van der Waals surface area contributed by atoms with Crippen molar-refractivity contribution >= 4 is 13.3 Å². The Morgan fingerprint density at radius 3 is 2.29 bits per heavy atom. The summed E-state index contributed by atoms with van der Waals surface area (Å²) in [6, 6.07) is 16.2. The molecular formula is C13H12O3P+. The van der Waals surface area contributed by atoms with E-state index in [0.717, 1.165) is 0 Å². The predicted octanol–water partition coefficient (Wildman–Crippen LogP) is 3.14. The Kier molecular flexibility index (Phi) is 3.73. The molecule has 2 aromatic rings. The lowest BCUT2D eigenvalue weighted by molar-refractivity contribution is 0.417. The largest absolute Gasteiger partial charge is 0.601 e. The Bertz CT molecular complexity index is 511. The van der Waals surface area contributed by atoms with Gasteiger partial charge in [-0.1, -0.05) is 30.3 Å². The number of hydrogen-bond acceptors (Lipinski definition) is 3. The van der Waals surface area contributed by atoms with E-state index in [1.807, 2.05) is 24.3 Å². The van der Waals surface area contributed by atoms with Crippen molar-refractivity contribution in [1.29, 1.82) is 0 Å². The molecule has 0 saturated heterocycles. The first-order valence-electron chi connectivity index (χ1n) is 5.14. The molecule has 0 aliphatic carbocycles. The van der Waals surface area contributed by atoms with Crippen LogP contribution in [0.15, 0.2) is 54.6 Å². The van der Waals surface area contributed by atoms with Gasteiger partial charge in [0.05, 0.1) is 7.11 Å². The van der Waals surface area contributed by atoms with E-state index in [4.69, 9.17) is 9.26 Å². The number of benzene rings is 2. The van der Waals surface area contributed by atoms with Gasteiger partial charge in [-0.05, 0) is 28.8 Å². The minimum Gasteiger partial charge on any atom is -0.492 e. The highest BCUT2D eigenvalue weighted by Crippen LogP contribution is 2.29. The Hall–Kier alpha value is -1.86. The second kappa shape index (κ2) is 5.46. The van der Waals surface area contributed by atoms with Crippen molar-refractivity contribution in [2.24, 2.45) is 0 Å². The lowest BCUT2D eigenvalue weighted by atomic mass is 10.3. The van der Waals surface area contributed by atoms with Gasteiger partial charge in [-0.15, -0.1) is 0 Å². The van der Waals surface area contributed by atoms with Crippen LogP contribution in [0.1, 0.15) is 0 Å². The predicted molar refractivity (Wildman–Crippen MR) is 67.3 cm³/mol. The van der Waals surface area contributed by atoms with Crippen molar-refractivity contribution in [3.63, 3.8) is 0 Å². The van der Waals surface area contributed by atoms with Crippen LogP contribution in [0.4, 0.5) is 0 Å². The molecule has 4 heteroatoms. The fraction of sp³-hybridized carbons (Fsp3) is 0.0769. The Balaban J connectivity index is 2.20. The highest BCUT2D eigenvalue weighted by atomic mass is 31.1. The maximum Gasteiger partial charge on any atom is 0.601 e. The normalized spacial score (nSPS) is 10.8. The first-order valence-corrected chi connectivity index (χ1v) is 6.32. The van der Waals surface area contributed by atoms with Crippen LogP contribution in [-0.4, -0.2) is 7.11 Å². The first-order chi connectivity index (χ1) is 8.31. The van der Waals surface area contributed by atoms with Gasteiger partial charge >= 0.3 is 8.03 Å². The molecule has 1 atom stereocenters. The molecule has 1 unspecified atom stereocenters. The van der Waals surface area contributed by atoms with E-state index >= 15 is 0 Å². The van der Waals surface area contributed by atoms with Gasteiger partial charge in [0.25, 0.3) is 5.30 Å². The van der Waals surface area contributed by atoms with Gasteiger partial charge in [-0.3, -0.25) is 4.52 Å². The third kappa shape index (κ3) is 2.83. The molecule has 3 nitrogen and oxygen atoms in total. The molecule has 2 rings (SSSR count). The van der Waals surface area contributed by atoms with Crippen molar-refractivity contribution in [1.82, 2.24) is 0 Å². The van der Waals surface area contributed by atoms with Crippen LogP contribution in [0.5, 0.6) is 11.5 Å². The summed E-state index contributed by atoms with van der Waals surface area (Å²) < 4.78 is 22.6. The quantitative estimate of drug-likeness (QED) is 0.778. The molecule has 0 saturated carbocycles. The highest BCUT2D eigenvalue weighted by molar-refractivity contribution is 7.49. The van der Waals surface area contributed by atoms with Crippen molar-refractivity contribution in [2.75, 3.05) is 7.11 Å². The monoisotopic (exact) mass is 247 g/mol. The van der Waals surface area contributed by atoms with E-state index in [1.54, 1.807) is 37.4 Å². The minimum atomic E-state index is -1.95. The average Bonchev–Trinajstić information content (AvgIpc) is 2.40. The van der Waals surface area contributed by atoms with Crippen LogP contribution in [-0.2, 0) is 4.57 Å². The van der Waals surface area contributed by atoms with Crippen LogP contribution in [0.3, 0.4) is 0 Å². The maximum absolute atomic E-state index is 12.0. The summed E-state index contributed by atoms with van der Waals surface area (Å²) in [5.41, 5.74) is 0. The number of para-hydroxylation sites is 2. The van der Waals surface area contributed by atoms with Gasteiger partial charge in [-0.25, -0.2) is 0 Å². The van der Waals surface area contributed by atoms with Crippen LogP contribution in [0, 0.1) is 0 Å². The van der Waals surface area contributed by atoms with Gasteiger partial charge in [0.15, 0.2) is 11.5 Å². The third-order valence-electron chi connectivity index (χ3n) is 2.21. The van der Waals surface area contributed by atoms with E-state index in [0.29, 0.717) is 16.8 Å². The molecule has 0 bridgehead atoms. The Labute approximate surface area is 101 Å².